The average molecular weight is 372 g/mol. The van der Waals surface area contributed by atoms with Gasteiger partial charge < -0.3 is 10.2 Å². The predicted molar refractivity (Wildman–Crippen MR) is 103 cm³/mol. The van der Waals surface area contributed by atoms with E-state index < -0.39 is 0 Å². The first-order chi connectivity index (χ1) is 12.5. The number of aromatic nitrogens is 4. The first-order valence-electron chi connectivity index (χ1n) is 9.11. The molecule has 0 fully saturated rings. The molecule has 1 amide bonds. The fraction of sp³-hybridized carbons (Fsp3) is 0.556. The first-order valence-corrected chi connectivity index (χ1v) is 9.93. The van der Waals surface area contributed by atoms with Crippen molar-refractivity contribution in [2.24, 2.45) is 5.92 Å². The van der Waals surface area contributed by atoms with Crippen molar-refractivity contribution in [3.63, 3.8) is 0 Å². The second-order valence-corrected chi connectivity index (χ2v) is 8.48. The van der Waals surface area contributed by atoms with E-state index in [2.05, 4.69) is 32.2 Å². The fourth-order valence-electron chi connectivity index (χ4n) is 3.52. The van der Waals surface area contributed by atoms with E-state index in [0.29, 0.717) is 12.5 Å². The van der Waals surface area contributed by atoms with Crippen LogP contribution >= 0.6 is 11.3 Å². The molecule has 0 saturated heterocycles. The number of carbonyl (C=O) groups is 1. The van der Waals surface area contributed by atoms with Gasteiger partial charge in [-0.25, -0.2) is 14.5 Å². The van der Waals surface area contributed by atoms with E-state index in [4.69, 9.17) is 0 Å². The molecule has 3 aromatic rings. The van der Waals surface area contributed by atoms with Crippen LogP contribution < -0.4 is 5.32 Å². The molecule has 0 bridgehead atoms. The summed E-state index contributed by atoms with van der Waals surface area (Å²) < 4.78 is 1.64. The summed E-state index contributed by atoms with van der Waals surface area (Å²) in [5, 5.41) is 8.34. The van der Waals surface area contributed by atoms with Crippen LogP contribution in [0.5, 0.6) is 0 Å². The SMILES string of the molecule is C[C@@H]1CCc2sc3ncn4nc(C(=O)NCCCN(C)C)nc4c3c2C1. The Bertz CT molecular complexity index is 960. The third kappa shape index (κ3) is 3.19. The van der Waals surface area contributed by atoms with Gasteiger partial charge in [0, 0.05) is 11.4 Å². The Labute approximate surface area is 156 Å². The molecule has 0 aromatic carbocycles. The van der Waals surface area contributed by atoms with E-state index in [1.165, 1.54) is 16.9 Å². The van der Waals surface area contributed by atoms with Crippen LogP contribution in [0.4, 0.5) is 0 Å². The van der Waals surface area contributed by atoms with Crippen molar-refractivity contribution in [3.05, 3.63) is 22.6 Å². The molecule has 0 aliphatic heterocycles. The smallest absolute Gasteiger partial charge is 0.290 e. The van der Waals surface area contributed by atoms with Crippen LogP contribution in [0.1, 0.15) is 40.8 Å². The van der Waals surface area contributed by atoms with Crippen molar-refractivity contribution in [1.82, 2.24) is 29.8 Å². The molecule has 0 saturated carbocycles. The molecule has 0 radical (unpaired) electrons. The number of thiophene rings is 1. The second kappa shape index (κ2) is 6.92. The summed E-state index contributed by atoms with van der Waals surface area (Å²) in [5.41, 5.74) is 2.10. The van der Waals surface area contributed by atoms with Crippen LogP contribution in [0.3, 0.4) is 0 Å². The highest BCUT2D eigenvalue weighted by Crippen LogP contribution is 2.38. The largest absolute Gasteiger partial charge is 0.349 e. The quantitative estimate of drug-likeness (QED) is 0.695. The van der Waals surface area contributed by atoms with Crippen molar-refractivity contribution >= 4 is 33.1 Å². The van der Waals surface area contributed by atoms with Crippen LogP contribution in [0.2, 0.25) is 0 Å². The Morgan fingerprint density at radius 1 is 1.46 bits per heavy atom. The Balaban J connectivity index is 1.63. The van der Waals surface area contributed by atoms with Gasteiger partial charge in [0.1, 0.15) is 11.2 Å². The maximum Gasteiger partial charge on any atom is 0.290 e. The number of carbonyl (C=O) groups excluding carboxylic acids is 1. The molecule has 138 valence electrons. The summed E-state index contributed by atoms with van der Waals surface area (Å²) in [7, 11) is 4.04. The summed E-state index contributed by atoms with van der Waals surface area (Å²) in [6.07, 6.45) is 5.95. The van der Waals surface area contributed by atoms with E-state index in [1.54, 1.807) is 22.2 Å². The van der Waals surface area contributed by atoms with Gasteiger partial charge >= 0.3 is 0 Å². The summed E-state index contributed by atoms with van der Waals surface area (Å²) in [6, 6.07) is 0. The molecule has 3 heterocycles. The fourth-order valence-corrected chi connectivity index (χ4v) is 4.70. The predicted octanol–water partition coefficient (Wildman–Crippen LogP) is 2.15. The molecular weight excluding hydrogens is 348 g/mol. The third-order valence-corrected chi connectivity index (χ3v) is 6.10. The van der Waals surface area contributed by atoms with Gasteiger partial charge in [0.05, 0.1) is 5.39 Å². The van der Waals surface area contributed by atoms with Gasteiger partial charge in [-0.3, -0.25) is 4.79 Å². The average Bonchev–Trinajstić information content (AvgIpc) is 3.18. The standard InChI is InChI=1S/C18H24N6OS/c1-11-5-6-13-12(9-11)14-16-21-15(17(25)19-7-4-8-23(2)3)22-24(16)10-20-18(14)26-13/h10-11H,4-9H2,1-3H3,(H,19,25)/t11-/m1/s1. The van der Waals surface area contributed by atoms with Crippen molar-refractivity contribution in [2.45, 2.75) is 32.6 Å². The van der Waals surface area contributed by atoms with Crippen LogP contribution in [-0.4, -0.2) is 57.6 Å². The van der Waals surface area contributed by atoms with Gasteiger partial charge in [-0.2, -0.15) is 0 Å². The molecule has 0 spiro atoms. The second-order valence-electron chi connectivity index (χ2n) is 7.39. The lowest BCUT2D eigenvalue weighted by Gasteiger charge is -2.17. The van der Waals surface area contributed by atoms with Gasteiger partial charge in [-0.05, 0) is 57.8 Å². The topological polar surface area (TPSA) is 75.4 Å². The highest BCUT2D eigenvalue weighted by molar-refractivity contribution is 7.19. The van der Waals surface area contributed by atoms with Crippen LogP contribution in [0, 0.1) is 5.92 Å². The number of hydrogen-bond acceptors (Lipinski definition) is 6. The molecule has 7 nitrogen and oxygen atoms in total. The van der Waals surface area contributed by atoms with E-state index in [1.807, 2.05) is 14.1 Å². The maximum absolute atomic E-state index is 12.4. The Morgan fingerprint density at radius 2 is 2.31 bits per heavy atom. The van der Waals surface area contributed by atoms with Gasteiger partial charge in [0.15, 0.2) is 5.65 Å². The maximum atomic E-state index is 12.4. The zero-order valence-corrected chi connectivity index (χ0v) is 16.3. The number of nitrogens with zero attached hydrogens (tertiary/aromatic N) is 5. The lowest BCUT2D eigenvalue weighted by molar-refractivity contribution is 0.0942. The van der Waals surface area contributed by atoms with Gasteiger partial charge in [0.25, 0.3) is 5.91 Å². The number of aryl methyl sites for hydroxylation is 1. The minimum Gasteiger partial charge on any atom is -0.349 e. The Kier molecular flexibility index (Phi) is 4.62. The zero-order chi connectivity index (χ0) is 18.3. The minimum atomic E-state index is -0.224. The van der Waals surface area contributed by atoms with E-state index >= 15 is 0 Å². The summed E-state index contributed by atoms with van der Waals surface area (Å²) in [4.78, 5) is 26.0. The highest BCUT2D eigenvalue weighted by atomic mass is 32.1. The number of hydrogen-bond donors (Lipinski definition) is 1. The Morgan fingerprint density at radius 3 is 3.12 bits per heavy atom. The molecule has 1 N–H and O–H groups in total. The number of amides is 1. The van der Waals surface area contributed by atoms with E-state index in [0.717, 1.165) is 41.7 Å². The Hall–Kier alpha value is -2.06. The van der Waals surface area contributed by atoms with Crippen LogP contribution in [0.25, 0.3) is 15.9 Å². The zero-order valence-electron chi connectivity index (χ0n) is 15.4. The molecule has 1 aliphatic rings. The summed E-state index contributed by atoms with van der Waals surface area (Å²) in [6.45, 7) is 3.84. The molecular formula is C18H24N6OS. The van der Waals surface area contributed by atoms with Crippen molar-refractivity contribution in [1.29, 1.82) is 0 Å². The first kappa shape index (κ1) is 17.4. The van der Waals surface area contributed by atoms with Gasteiger partial charge in [-0.15, -0.1) is 16.4 Å². The minimum absolute atomic E-state index is 0.216. The van der Waals surface area contributed by atoms with Gasteiger partial charge in [-0.1, -0.05) is 6.92 Å². The number of fused-ring (bicyclic) bond motifs is 5. The van der Waals surface area contributed by atoms with Crippen molar-refractivity contribution < 1.29 is 4.79 Å². The van der Waals surface area contributed by atoms with Crippen molar-refractivity contribution in [2.75, 3.05) is 27.2 Å². The van der Waals surface area contributed by atoms with E-state index in [9.17, 15) is 4.79 Å². The monoisotopic (exact) mass is 372 g/mol. The van der Waals surface area contributed by atoms with Crippen LogP contribution in [-0.2, 0) is 12.8 Å². The third-order valence-electron chi connectivity index (χ3n) is 4.90. The molecule has 8 heteroatoms. The molecule has 1 aliphatic carbocycles. The normalized spacial score (nSPS) is 17.2. The molecule has 0 unspecified atom stereocenters. The molecule has 3 aromatic heterocycles. The summed E-state index contributed by atoms with van der Waals surface area (Å²) in [5.74, 6) is 0.661. The highest BCUT2D eigenvalue weighted by Gasteiger charge is 2.24. The molecule has 1 atom stereocenters. The van der Waals surface area contributed by atoms with Crippen molar-refractivity contribution in [3.8, 4) is 0 Å². The molecule has 26 heavy (non-hydrogen) atoms. The lowest BCUT2D eigenvalue weighted by Crippen LogP contribution is -2.28. The lowest BCUT2D eigenvalue weighted by atomic mass is 9.89. The van der Waals surface area contributed by atoms with Gasteiger partial charge in [0.2, 0.25) is 5.82 Å². The van der Waals surface area contributed by atoms with Crippen LogP contribution in [0.15, 0.2) is 6.33 Å². The molecule has 4 rings (SSSR count). The number of rotatable bonds is 5. The van der Waals surface area contributed by atoms with E-state index in [-0.39, 0.29) is 11.7 Å². The number of nitrogens with one attached hydrogen (secondary N) is 1. The summed E-state index contributed by atoms with van der Waals surface area (Å²) >= 11 is 1.76.